The normalized spacial score (nSPS) is 12.8. The topological polar surface area (TPSA) is 185 Å². The maximum atomic E-state index is 11.4. The standard InChI is InChI=1S/C16H16N4O8S/c1-8(9-3-4-13(21)14(5-9)28-2)29-16(17)15-11(19(24)25)6-10(18(22)23)7-12(15)20(26)27/h3-8,16,21H,17H2,1-2H3. The van der Waals surface area contributed by atoms with E-state index in [1.54, 1.807) is 19.1 Å². The summed E-state index contributed by atoms with van der Waals surface area (Å²) in [5.74, 6) is 0.121. The summed E-state index contributed by atoms with van der Waals surface area (Å²) in [6.45, 7) is 1.71. The Bertz CT molecular complexity index is 948. The van der Waals surface area contributed by atoms with E-state index in [0.717, 1.165) is 11.8 Å². The van der Waals surface area contributed by atoms with Crippen LogP contribution in [0, 0.1) is 30.3 Å². The number of aromatic hydroxyl groups is 1. The van der Waals surface area contributed by atoms with Gasteiger partial charge in [0.2, 0.25) is 0 Å². The number of phenols is 1. The predicted molar refractivity (Wildman–Crippen MR) is 104 cm³/mol. The fourth-order valence-electron chi connectivity index (χ4n) is 2.62. The molecule has 2 aromatic carbocycles. The van der Waals surface area contributed by atoms with Crippen molar-refractivity contribution in [3.63, 3.8) is 0 Å². The SMILES string of the molecule is COc1cc(C(C)SC(N)c2c([N+](=O)[O-])cc([N+](=O)[O-])cc2[N+](=O)[O-])ccc1O. The van der Waals surface area contributed by atoms with Crippen LogP contribution in [-0.4, -0.2) is 27.0 Å². The lowest BCUT2D eigenvalue weighted by atomic mass is 10.1. The van der Waals surface area contributed by atoms with Gasteiger partial charge in [-0.25, -0.2) is 0 Å². The number of nitro benzene ring substituents is 3. The number of thioether (sulfide) groups is 1. The first-order valence-corrected chi connectivity index (χ1v) is 8.90. The average Bonchev–Trinajstić information content (AvgIpc) is 2.66. The average molecular weight is 424 g/mol. The highest BCUT2D eigenvalue weighted by molar-refractivity contribution is 7.99. The van der Waals surface area contributed by atoms with Gasteiger partial charge in [-0.15, -0.1) is 11.8 Å². The minimum atomic E-state index is -1.23. The van der Waals surface area contributed by atoms with Crippen LogP contribution in [0.15, 0.2) is 30.3 Å². The van der Waals surface area contributed by atoms with E-state index >= 15 is 0 Å². The first kappa shape index (κ1) is 21.8. The van der Waals surface area contributed by atoms with Gasteiger partial charge in [-0.05, 0) is 24.6 Å². The molecule has 0 fully saturated rings. The molecule has 0 bridgehead atoms. The third kappa shape index (κ3) is 4.70. The highest BCUT2D eigenvalue weighted by Crippen LogP contribution is 2.46. The van der Waals surface area contributed by atoms with E-state index in [1.165, 1.54) is 13.2 Å². The number of ether oxygens (including phenoxy) is 1. The molecule has 0 aliphatic carbocycles. The van der Waals surface area contributed by atoms with Crippen LogP contribution in [0.3, 0.4) is 0 Å². The second-order valence-corrected chi connectivity index (χ2v) is 7.29. The molecule has 2 unspecified atom stereocenters. The lowest BCUT2D eigenvalue weighted by molar-refractivity contribution is -0.404. The molecule has 154 valence electrons. The molecule has 0 heterocycles. The molecule has 2 atom stereocenters. The van der Waals surface area contributed by atoms with Gasteiger partial charge in [-0.2, -0.15) is 0 Å². The minimum absolute atomic E-state index is 0.0839. The van der Waals surface area contributed by atoms with Crippen molar-refractivity contribution in [2.24, 2.45) is 5.73 Å². The first-order chi connectivity index (χ1) is 13.6. The number of hydrogen-bond acceptors (Lipinski definition) is 10. The molecular weight excluding hydrogens is 408 g/mol. The predicted octanol–water partition coefficient (Wildman–Crippen LogP) is 3.58. The molecule has 0 aromatic heterocycles. The monoisotopic (exact) mass is 424 g/mol. The minimum Gasteiger partial charge on any atom is -0.504 e. The van der Waals surface area contributed by atoms with Crippen molar-refractivity contribution in [2.75, 3.05) is 7.11 Å². The Morgan fingerprint density at radius 2 is 1.59 bits per heavy atom. The van der Waals surface area contributed by atoms with Crippen LogP contribution in [0.2, 0.25) is 0 Å². The number of hydrogen-bond donors (Lipinski definition) is 2. The van der Waals surface area contributed by atoms with Crippen molar-refractivity contribution in [3.05, 3.63) is 71.8 Å². The van der Waals surface area contributed by atoms with Crippen molar-refractivity contribution < 1.29 is 24.6 Å². The summed E-state index contributed by atoms with van der Waals surface area (Å²) in [6, 6.07) is 5.82. The smallest absolute Gasteiger partial charge is 0.288 e. The Balaban J connectivity index is 2.48. The van der Waals surface area contributed by atoms with Crippen molar-refractivity contribution in [3.8, 4) is 11.5 Å². The second-order valence-electron chi connectivity index (χ2n) is 5.80. The number of nitrogens with two attached hydrogens (primary N) is 1. The van der Waals surface area contributed by atoms with Crippen molar-refractivity contribution in [1.82, 2.24) is 0 Å². The number of phenolic OH excluding ortho intramolecular Hbond substituents is 1. The number of benzene rings is 2. The quantitative estimate of drug-likeness (QED) is 0.360. The summed E-state index contributed by atoms with van der Waals surface area (Å²) in [5.41, 5.74) is 3.88. The number of nitro groups is 3. The zero-order valence-electron chi connectivity index (χ0n) is 15.2. The van der Waals surface area contributed by atoms with E-state index in [4.69, 9.17) is 10.5 Å². The Labute approximate surface area is 167 Å². The van der Waals surface area contributed by atoms with Gasteiger partial charge in [-0.3, -0.25) is 30.3 Å². The largest absolute Gasteiger partial charge is 0.504 e. The summed E-state index contributed by atoms with van der Waals surface area (Å²) in [4.78, 5) is 31.0. The lowest BCUT2D eigenvalue weighted by Crippen LogP contribution is -2.13. The Morgan fingerprint density at radius 3 is 2.03 bits per heavy atom. The molecule has 29 heavy (non-hydrogen) atoms. The molecule has 0 amide bonds. The Morgan fingerprint density at radius 1 is 1.03 bits per heavy atom. The molecule has 0 aliphatic heterocycles. The van der Waals surface area contributed by atoms with Crippen LogP contribution in [0.1, 0.15) is 28.7 Å². The lowest BCUT2D eigenvalue weighted by Gasteiger charge is -2.18. The number of non-ortho nitro benzene ring substituents is 1. The number of nitrogens with zero attached hydrogens (tertiary/aromatic N) is 3. The van der Waals surface area contributed by atoms with Crippen molar-refractivity contribution in [1.29, 1.82) is 0 Å². The van der Waals surface area contributed by atoms with E-state index in [1.807, 2.05) is 0 Å². The van der Waals surface area contributed by atoms with Crippen LogP contribution in [0.25, 0.3) is 0 Å². The summed E-state index contributed by atoms with van der Waals surface area (Å²) in [7, 11) is 1.37. The molecule has 3 N–H and O–H groups in total. The van der Waals surface area contributed by atoms with E-state index < -0.39 is 48.0 Å². The zero-order chi connectivity index (χ0) is 21.9. The van der Waals surface area contributed by atoms with Gasteiger partial charge in [-0.1, -0.05) is 6.07 Å². The molecule has 0 saturated carbocycles. The van der Waals surface area contributed by atoms with Gasteiger partial charge in [0.25, 0.3) is 17.1 Å². The third-order valence-electron chi connectivity index (χ3n) is 4.03. The molecule has 12 nitrogen and oxygen atoms in total. The summed E-state index contributed by atoms with van der Waals surface area (Å²) >= 11 is 0.970. The molecule has 13 heteroatoms. The number of rotatable bonds is 8. The molecule has 0 aliphatic rings. The zero-order valence-corrected chi connectivity index (χ0v) is 16.0. The van der Waals surface area contributed by atoms with Crippen molar-refractivity contribution in [2.45, 2.75) is 17.5 Å². The first-order valence-electron chi connectivity index (χ1n) is 7.95. The van der Waals surface area contributed by atoms with Crippen LogP contribution < -0.4 is 10.5 Å². The van der Waals surface area contributed by atoms with Gasteiger partial charge < -0.3 is 15.6 Å². The maximum absolute atomic E-state index is 11.4. The summed E-state index contributed by atoms with van der Waals surface area (Å²) in [6.07, 6.45) is 0. The van der Waals surface area contributed by atoms with E-state index in [2.05, 4.69) is 0 Å². The van der Waals surface area contributed by atoms with Crippen LogP contribution >= 0.6 is 11.8 Å². The molecule has 0 radical (unpaired) electrons. The van der Waals surface area contributed by atoms with Gasteiger partial charge in [0.1, 0.15) is 5.56 Å². The van der Waals surface area contributed by atoms with Crippen LogP contribution in [-0.2, 0) is 0 Å². The van der Waals surface area contributed by atoms with Crippen LogP contribution in [0.4, 0.5) is 17.1 Å². The fourth-order valence-corrected chi connectivity index (χ4v) is 3.74. The fraction of sp³-hybridized carbons (Fsp3) is 0.250. The van der Waals surface area contributed by atoms with Gasteiger partial charge in [0.15, 0.2) is 11.5 Å². The summed E-state index contributed by atoms with van der Waals surface area (Å²) < 4.78 is 5.03. The highest BCUT2D eigenvalue weighted by Gasteiger charge is 2.35. The van der Waals surface area contributed by atoms with E-state index in [9.17, 15) is 35.4 Å². The third-order valence-corrected chi connectivity index (χ3v) is 5.24. The molecule has 0 saturated heterocycles. The van der Waals surface area contributed by atoms with Gasteiger partial charge in [0.05, 0.1) is 39.4 Å². The summed E-state index contributed by atoms with van der Waals surface area (Å²) in [5, 5.41) is 41.8. The Hall–Kier alpha value is -3.45. The Kier molecular flexibility index (Phi) is 6.56. The maximum Gasteiger partial charge on any atom is 0.288 e. The molecule has 2 rings (SSSR count). The van der Waals surface area contributed by atoms with E-state index in [0.29, 0.717) is 17.7 Å². The number of methoxy groups -OCH3 is 1. The second kappa shape index (κ2) is 8.70. The highest BCUT2D eigenvalue weighted by atomic mass is 32.2. The van der Waals surface area contributed by atoms with E-state index in [-0.39, 0.29) is 11.5 Å². The van der Waals surface area contributed by atoms with Crippen LogP contribution in [0.5, 0.6) is 11.5 Å². The van der Waals surface area contributed by atoms with Gasteiger partial charge in [0, 0.05) is 5.25 Å². The van der Waals surface area contributed by atoms with Crippen molar-refractivity contribution >= 4 is 28.8 Å². The molecule has 2 aromatic rings. The molecule has 0 spiro atoms. The van der Waals surface area contributed by atoms with Gasteiger partial charge >= 0.3 is 0 Å². The molecular formula is C16H16N4O8S.